The van der Waals surface area contributed by atoms with Crippen molar-refractivity contribution in [3.63, 3.8) is 0 Å². The number of alkyl carbamates (subject to hydrolysis) is 1. The molecule has 1 amide bonds. The number of ether oxygens (including phenoxy) is 1. The molecule has 0 saturated carbocycles. The molecule has 2 rings (SSSR count). The Labute approximate surface area is 114 Å². The maximum atomic E-state index is 13.0. The zero-order chi connectivity index (χ0) is 15.1. The molecule has 2 N–H and O–H groups in total. The number of nitrogens with zero attached hydrogens (tertiary/aromatic N) is 1. The molecule has 0 aromatic carbocycles. The van der Waals surface area contributed by atoms with Crippen LogP contribution in [0.1, 0.15) is 20.8 Å². The van der Waals surface area contributed by atoms with Crippen LogP contribution in [0.5, 0.6) is 0 Å². The van der Waals surface area contributed by atoms with Crippen molar-refractivity contribution < 1.29 is 22.7 Å². The van der Waals surface area contributed by atoms with Gasteiger partial charge in [0.25, 0.3) is 0 Å². The summed E-state index contributed by atoms with van der Waals surface area (Å²) in [7, 11) is 0. The number of hydrogen-bond donors (Lipinski definition) is 2. The van der Waals surface area contributed by atoms with E-state index in [1.807, 2.05) is 0 Å². The lowest BCUT2D eigenvalue weighted by atomic mass is 10.0. The summed E-state index contributed by atoms with van der Waals surface area (Å²) in [5.41, 5.74) is -0.0169. The molecule has 0 saturated heterocycles. The lowest BCUT2D eigenvalue weighted by Crippen LogP contribution is -2.54. The fraction of sp³-hybridized carbons (Fsp3) is 0.667. The first-order valence-corrected chi connectivity index (χ1v) is 6.13. The van der Waals surface area contributed by atoms with Gasteiger partial charge in [0.1, 0.15) is 11.6 Å². The van der Waals surface area contributed by atoms with E-state index in [0.29, 0.717) is 11.3 Å². The van der Waals surface area contributed by atoms with Crippen molar-refractivity contribution in [3.8, 4) is 0 Å². The summed E-state index contributed by atoms with van der Waals surface area (Å²) >= 11 is 0. The van der Waals surface area contributed by atoms with E-state index in [0.717, 1.165) is 0 Å². The Balaban J connectivity index is 2.13. The number of amides is 1. The SMILES string of the molecule is CC(C)(C)OC(=O)N[C@H]1C2=C(CN=C2)NC1C(F)(F)F. The molecule has 0 bridgehead atoms. The van der Waals surface area contributed by atoms with Gasteiger partial charge in [0.15, 0.2) is 0 Å². The van der Waals surface area contributed by atoms with Crippen molar-refractivity contribution in [1.82, 2.24) is 10.6 Å². The third-order valence-corrected chi connectivity index (χ3v) is 2.85. The highest BCUT2D eigenvalue weighted by atomic mass is 19.4. The second-order valence-electron chi connectivity index (χ2n) is 5.69. The second-order valence-corrected chi connectivity index (χ2v) is 5.69. The summed E-state index contributed by atoms with van der Waals surface area (Å²) < 4.78 is 43.9. The molecule has 0 radical (unpaired) electrons. The van der Waals surface area contributed by atoms with E-state index >= 15 is 0 Å². The minimum absolute atomic E-state index is 0.175. The summed E-state index contributed by atoms with van der Waals surface area (Å²) in [6.07, 6.45) is -4.00. The van der Waals surface area contributed by atoms with Crippen molar-refractivity contribution in [2.75, 3.05) is 6.54 Å². The molecule has 1 unspecified atom stereocenters. The average Bonchev–Trinajstić information content (AvgIpc) is 2.76. The maximum absolute atomic E-state index is 13.0. The topological polar surface area (TPSA) is 62.7 Å². The van der Waals surface area contributed by atoms with Crippen LogP contribution in [-0.4, -0.2) is 42.7 Å². The minimum Gasteiger partial charge on any atom is -0.444 e. The van der Waals surface area contributed by atoms with Crippen LogP contribution in [0.4, 0.5) is 18.0 Å². The lowest BCUT2D eigenvalue weighted by molar-refractivity contribution is -0.155. The van der Waals surface area contributed by atoms with Gasteiger partial charge in [0, 0.05) is 17.5 Å². The van der Waals surface area contributed by atoms with E-state index in [4.69, 9.17) is 4.74 Å². The molecule has 0 aromatic heterocycles. The van der Waals surface area contributed by atoms with Crippen molar-refractivity contribution in [1.29, 1.82) is 0 Å². The van der Waals surface area contributed by atoms with Crippen LogP contribution in [0.15, 0.2) is 16.3 Å². The molecule has 2 atom stereocenters. The van der Waals surface area contributed by atoms with Crippen LogP contribution < -0.4 is 10.6 Å². The Kier molecular flexibility index (Phi) is 3.43. The van der Waals surface area contributed by atoms with E-state index in [1.54, 1.807) is 20.8 Å². The number of aliphatic imine (C=N–C) groups is 1. The zero-order valence-corrected chi connectivity index (χ0v) is 11.3. The maximum Gasteiger partial charge on any atom is 0.410 e. The van der Waals surface area contributed by atoms with Crippen molar-refractivity contribution in [2.45, 2.75) is 44.6 Å². The highest BCUT2D eigenvalue weighted by Gasteiger charge is 2.51. The van der Waals surface area contributed by atoms with Gasteiger partial charge in [-0.25, -0.2) is 4.79 Å². The van der Waals surface area contributed by atoms with Crippen LogP contribution in [0.2, 0.25) is 0 Å². The van der Waals surface area contributed by atoms with Gasteiger partial charge >= 0.3 is 12.3 Å². The Hall–Kier alpha value is -1.73. The predicted molar refractivity (Wildman–Crippen MR) is 66.5 cm³/mol. The molecule has 0 aromatic rings. The number of hydrogen-bond acceptors (Lipinski definition) is 4. The molecule has 112 valence electrons. The smallest absolute Gasteiger partial charge is 0.410 e. The highest BCUT2D eigenvalue weighted by Crippen LogP contribution is 2.32. The number of rotatable bonds is 1. The molecule has 0 fully saturated rings. The van der Waals surface area contributed by atoms with E-state index in [-0.39, 0.29) is 6.54 Å². The Morgan fingerprint density at radius 2 is 2.10 bits per heavy atom. The number of carbonyl (C=O) groups excluding carboxylic acids is 1. The molecular weight excluding hydrogens is 275 g/mol. The fourth-order valence-electron chi connectivity index (χ4n) is 2.12. The van der Waals surface area contributed by atoms with Gasteiger partial charge in [-0.05, 0) is 20.8 Å². The van der Waals surface area contributed by atoms with Gasteiger partial charge in [-0.15, -0.1) is 0 Å². The van der Waals surface area contributed by atoms with E-state index in [1.165, 1.54) is 6.21 Å². The van der Waals surface area contributed by atoms with Crippen LogP contribution in [-0.2, 0) is 4.74 Å². The highest BCUT2D eigenvalue weighted by molar-refractivity contribution is 5.87. The summed E-state index contributed by atoms with van der Waals surface area (Å²) in [5.74, 6) is 0. The molecule has 0 aliphatic carbocycles. The third-order valence-electron chi connectivity index (χ3n) is 2.85. The van der Waals surface area contributed by atoms with Crippen molar-refractivity contribution in [3.05, 3.63) is 11.3 Å². The van der Waals surface area contributed by atoms with Crippen molar-refractivity contribution in [2.24, 2.45) is 4.99 Å². The Morgan fingerprint density at radius 1 is 1.45 bits per heavy atom. The number of carbonyl (C=O) groups is 1. The number of alkyl halides is 3. The van der Waals surface area contributed by atoms with Crippen LogP contribution >= 0.6 is 0 Å². The van der Waals surface area contributed by atoms with Crippen LogP contribution in [0.3, 0.4) is 0 Å². The standard InChI is InChI=1S/C12H16F3N3O2/c1-11(2,3)20-10(19)18-8-6-4-16-5-7(6)17-9(8)12(13,14)15/h4,8-9,17H,5H2,1-3H3,(H,18,19)/t8-,9?/m0/s1. The molecule has 2 aliphatic heterocycles. The van der Waals surface area contributed by atoms with E-state index in [2.05, 4.69) is 15.6 Å². The van der Waals surface area contributed by atoms with Crippen LogP contribution in [0, 0.1) is 0 Å². The second kappa shape index (κ2) is 4.68. The quantitative estimate of drug-likeness (QED) is 0.773. The third kappa shape index (κ3) is 3.05. The summed E-state index contributed by atoms with van der Waals surface area (Å²) in [6, 6.07) is -3.07. The van der Waals surface area contributed by atoms with Gasteiger partial charge < -0.3 is 15.4 Å². The molecule has 0 spiro atoms. The van der Waals surface area contributed by atoms with E-state index in [9.17, 15) is 18.0 Å². The van der Waals surface area contributed by atoms with Crippen LogP contribution in [0.25, 0.3) is 0 Å². The molecule has 8 heteroatoms. The number of nitrogens with one attached hydrogen (secondary N) is 2. The Morgan fingerprint density at radius 3 is 2.65 bits per heavy atom. The van der Waals surface area contributed by atoms with Gasteiger partial charge in [0.2, 0.25) is 0 Å². The lowest BCUT2D eigenvalue weighted by Gasteiger charge is -2.27. The molecule has 2 heterocycles. The van der Waals surface area contributed by atoms with Gasteiger partial charge in [-0.1, -0.05) is 0 Å². The summed E-state index contributed by atoms with van der Waals surface area (Å²) in [5, 5.41) is 4.64. The minimum atomic E-state index is -4.47. The summed E-state index contributed by atoms with van der Waals surface area (Å²) in [6.45, 7) is 5.10. The Bertz CT molecular complexity index is 477. The van der Waals surface area contributed by atoms with Crippen molar-refractivity contribution >= 4 is 12.3 Å². The normalized spacial score (nSPS) is 25.5. The predicted octanol–water partition coefficient (Wildman–Crippen LogP) is 1.75. The molecule has 5 nitrogen and oxygen atoms in total. The zero-order valence-electron chi connectivity index (χ0n) is 11.3. The number of halogens is 3. The first kappa shape index (κ1) is 14.7. The average molecular weight is 291 g/mol. The largest absolute Gasteiger partial charge is 0.444 e. The van der Waals surface area contributed by atoms with Gasteiger partial charge in [-0.2, -0.15) is 13.2 Å². The van der Waals surface area contributed by atoms with Gasteiger partial charge in [-0.3, -0.25) is 4.99 Å². The summed E-state index contributed by atoms with van der Waals surface area (Å²) in [4.78, 5) is 15.6. The monoisotopic (exact) mass is 291 g/mol. The first-order chi connectivity index (χ1) is 9.08. The fourth-order valence-corrected chi connectivity index (χ4v) is 2.12. The molecular formula is C12H16F3N3O2. The molecule has 2 aliphatic rings. The first-order valence-electron chi connectivity index (χ1n) is 6.13. The molecule has 20 heavy (non-hydrogen) atoms. The van der Waals surface area contributed by atoms with E-state index < -0.39 is 30.0 Å². The van der Waals surface area contributed by atoms with Gasteiger partial charge in [0.05, 0.1) is 12.6 Å².